The number of rotatable bonds is 3. The van der Waals surface area contributed by atoms with Gasteiger partial charge in [-0.3, -0.25) is 0 Å². The Balaban J connectivity index is 1.43. The van der Waals surface area contributed by atoms with Crippen LogP contribution in [-0.2, 0) is 0 Å². The van der Waals surface area contributed by atoms with Gasteiger partial charge in [0.2, 0.25) is 5.95 Å². The molecule has 1 aromatic carbocycles. The number of pyridine rings is 1. The second-order valence-electron chi connectivity index (χ2n) is 9.17. The fourth-order valence-corrected chi connectivity index (χ4v) is 4.17. The van der Waals surface area contributed by atoms with Gasteiger partial charge in [-0.2, -0.15) is 0 Å². The molecule has 1 saturated heterocycles. The number of aryl methyl sites for hydroxylation is 1. The highest BCUT2D eigenvalue weighted by atomic mass is 16.3. The Hall–Kier alpha value is -3.26. The lowest BCUT2D eigenvalue weighted by molar-refractivity contribution is 0.373. The molecule has 0 aliphatic carbocycles. The minimum absolute atomic E-state index is 0.0875. The Labute approximate surface area is 180 Å². The molecule has 8 heteroatoms. The van der Waals surface area contributed by atoms with Gasteiger partial charge in [0.15, 0.2) is 11.5 Å². The van der Waals surface area contributed by atoms with Crippen LogP contribution in [0.15, 0.2) is 34.9 Å². The zero-order valence-electron chi connectivity index (χ0n) is 18.2. The molecule has 1 aliphatic heterocycles. The van der Waals surface area contributed by atoms with E-state index in [1.54, 1.807) is 25.3 Å². The number of anilines is 1. The summed E-state index contributed by atoms with van der Waals surface area (Å²) in [6, 6.07) is 7.57. The van der Waals surface area contributed by atoms with Crippen molar-refractivity contribution in [3.63, 3.8) is 0 Å². The molecule has 1 fully saturated rings. The maximum atomic E-state index is 10.5. The van der Waals surface area contributed by atoms with E-state index >= 15 is 0 Å². The highest BCUT2D eigenvalue weighted by molar-refractivity contribution is 5.86. The lowest BCUT2D eigenvalue weighted by Crippen LogP contribution is -2.45. The van der Waals surface area contributed by atoms with Gasteiger partial charge >= 0.3 is 0 Å². The molecule has 0 amide bonds. The van der Waals surface area contributed by atoms with E-state index in [2.05, 4.69) is 45.9 Å². The molecule has 0 unspecified atom stereocenters. The first-order chi connectivity index (χ1) is 14.7. The maximum absolute atomic E-state index is 10.5. The molecule has 1 atom stereocenters. The number of hydrogen-bond acceptors (Lipinski definition) is 8. The minimum atomic E-state index is 0.0875. The van der Waals surface area contributed by atoms with Crippen LogP contribution < -0.4 is 10.2 Å². The van der Waals surface area contributed by atoms with Crippen LogP contribution in [0.1, 0.15) is 33.1 Å². The van der Waals surface area contributed by atoms with Crippen LogP contribution >= 0.6 is 0 Å². The largest absolute Gasteiger partial charge is 0.507 e. The molecular formula is C23H26N6O2. The normalized spacial score (nSPS) is 17.2. The van der Waals surface area contributed by atoms with Crippen molar-refractivity contribution in [1.82, 2.24) is 25.3 Å². The second-order valence-corrected chi connectivity index (χ2v) is 9.17. The number of aromatic hydroxyl groups is 1. The van der Waals surface area contributed by atoms with E-state index in [4.69, 9.17) is 9.40 Å². The highest BCUT2D eigenvalue weighted by Crippen LogP contribution is 2.33. The van der Waals surface area contributed by atoms with Gasteiger partial charge in [0, 0.05) is 43.2 Å². The summed E-state index contributed by atoms with van der Waals surface area (Å²) in [6.07, 6.45) is 2.82. The zero-order chi connectivity index (χ0) is 21.8. The van der Waals surface area contributed by atoms with Crippen LogP contribution in [0.5, 0.6) is 5.75 Å². The molecule has 0 radical (unpaired) electrons. The number of nitrogens with zero attached hydrogens (tertiary/aromatic N) is 5. The zero-order valence-corrected chi connectivity index (χ0v) is 18.2. The Morgan fingerprint density at radius 3 is 2.74 bits per heavy atom. The molecule has 160 valence electrons. The van der Waals surface area contributed by atoms with Crippen molar-refractivity contribution >= 4 is 28.1 Å². The van der Waals surface area contributed by atoms with Crippen molar-refractivity contribution in [2.24, 2.45) is 0 Å². The van der Waals surface area contributed by atoms with E-state index in [9.17, 15) is 5.11 Å². The summed E-state index contributed by atoms with van der Waals surface area (Å²) in [5, 5.41) is 14.1. The number of hydrogen-bond donors (Lipinski definition) is 2. The van der Waals surface area contributed by atoms with Gasteiger partial charge in [-0.25, -0.2) is 19.9 Å². The van der Waals surface area contributed by atoms with E-state index in [1.807, 2.05) is 12.1 Å². The standard InChI is InChI=1S/C23H26N6O2/c1-13-25-18-10-20(30)15(9-21(18)31-13)16-5-6-17-19(26-16)11-24-22(27-17)29-8-7-14(12-29)28-23(2,3)4/h5-6,9-11,14,28,30H,7-8,12H2,1-4H3/t14-/m0/s1. The Bertz CT molecular complexity index is 1280. The van der Waals surface area contributed by atoms with Gasteiger partial charge in [0.05, 0.1) is 17.4 Å². The van der Waals surface area contributed by atoms with E-state index in [-0.39, 0.29) is 11.3 Å². The van der Waals surface area contributed by atoms with Crippen molar-refractivity contribution in [1.29, 1.82) is 0 Å². The molecule has 3 aromatic heterocycles. The van der Waals surface area contributed by atoms with Crippen LogP contribution in [0, 0.1) is 6.92 Å². The van der Waals surface area contributed by atoms with E-state index in [0.29, 0.717) is 39.8 Å². The first-order valence-corrected chi connectivity index (χ1v) is 10.5. The first-order valence-electron chi connectivity index (χ1n) is 10.5. The van der Waals surface area contributed by atoms with Gasteiger partial charge in [-0.1, -0.05) is 0 Å². The predicted octanol–water partition coefficient (Wildman–Crippen LogP) is 3.81. The van der Waals surface area contributed by atoms with Gasteiger partial charge in [0.1, 0.15) is 16.8 Å². The van der Waals surface area contributed by atoms with Gasteiger partial charge in [-0.15, -0.1) is 0 Å². The van der Waals surface area contributed by atoms with Crippen molar-refractivity contribution < 1.29 is 9.52 Å². The summed E-state index contributed by atoms with van der Waals surface area (Å²) in [7, 11) is 0. The lowest BCUT2D eigenvalue weighted by atomic mass is 10.1. The average molecular weight is 419 g/mol. The number of benzene rings is 1. The van der Waals surface area contributed by atoms with Gasteiger partial charge < -0.3 is 19.7 Å². The third-order valence-corrected chi connectivity index (χ3v) is 5.42. The molecule has 2 N–H and O–H groups in total. The van der Waals surface area contributed by atoms with Crippen molar-refractivity contribution in [3.8, 4) is 17.0 Å². The van der Waals surface area contributed by atoms with Crippen molar-refractivity contribution in [2.75, 3.05) is 18.0 Å². The quantitative estimate of drug-likeness (QED) is 0.518. The van der Waals surface area contributed by atoms with Crippen LogP contribution in [-0.4, -0.2) is 49.7 Å². The van der Waals surface area contributed by atoms with E-state index in [1.165, 1.54) is 0 Å². The van der Waals surface area contributed by atoms with Gasteiger partial charge in [-0.05, 0) is 45.4 Å². The number of nitrogens with one attached hydrogen (secondary N) is 1. The van der Waals surface area contributed by atoms with Crippen molar-refractivity contribution in [3.05, 3.63) is 36.4 Å². The first kappa shape index (κ1) is 19.7. The fraction of sp³-hybridized carbons (Fsp3) is 0.391. The number of oxazole rings is 1. The van der Waals surface area contributed by atoms with Crippen molar-refractivity contribution in [2.45, 2.75) is 45.7 Å². The SMILES string of the molecule is Cc1nc2cc(O)c(-c3ccc4nc(N5CC[C@H](NC(C)(C)C)C5)ncc4n3)cc2o1. The third kappa shape index (κ3) is 3.90. The molecule has 4 heterocycles. The Kier molecular flexibility index (Phi) is 4.55. The molecule has 4 aromatic rings. The summed E-state index contributed by atoms with van der Waals surface area (Å²) < 4.78 is 5.60. The number of phenolic OH excluding ortho intramolecular Hbond substituents is 1. The molecule has 5 rings (SSSR count). The topological polar surface area (TPSA) is 100 Å². The van der Waals surface area contributed by atoms with Crippen LogP contribution in [0.2, 0.25) is 0 Å². The van der Waals surface area contributed by atoms with Gasteiger partial charge in [0.25, 0.3) is 0 Å². The minimum Gasteiger partial charge on any atom is -0.507 e. The summed E-state index contributed by atoms with van der Waals surface area (Å²) in [6.45, 7) is 10.1. The molecule has 31 heavy (non-hydrogen) atoms. The summed E-state index contributed by atoms with van der Waals surface area (Å²) in [5.41, 5.74) is 4.00. The summed E-state index contributed by atoms with van der Waals surface area (Å²) in [4.78, 5) is 20.4. The van der Waals surface area contributed by atoms with Crippen LogP contribution in [0.4, 0.5) is 5.95 Å². The summed E-state index contributed by atoms with van der Waals surface area (Å²) in [5.74, 6) is 1.39. The molecular weight excluding hydrogens is 392 g/mol. The maximum Gasteiger partial charge on any atom is 0.226 e. The average Bonchev–Trinajstić information content (AvgIpc) is 3.30. The van der Waals surface area contributed by atoms with Crippen LogP contribution in [0.25, 0.3) is 33.4 Å². The summed E-state index contributed by atoms with van der Waals surface area (Å²) >= 11 is 0. The molecule has 0 saturated carbocycles. The second kappa shape index (κ2) is 7.16. The number of aromatic nitrogens is 4. The highest BCUT2D eigenvalue weighted by Gasteiger charge is 2.27. The van der Waals surface area contributed by atoms with E-state index < -0.39 is 0 Å². The lowest BCUT2D eigenvalue weighted by Gasteiger charge is -2.26. The smallest absolute Gasteiger partial charge is 0.226 e. The van der Waals surface area contributed by atoms with E-state index in [0.717, 1.165) is 31.0 Å². The monoisotopic (exact) mass is 418 g/mol. The Morgan fingerprint density at radius 2 is 1.94 bits per heavy atom. The fourth-order valence-electron chi connectivity index (χ4n) is 4.17. The molecule has 0 bridgehead atoms. The Morgan fingerprint density at radius 1 is 1.10 bits per heavy atom. The van der Waals surface area contributed by atoms with Crippen LogP contribution in [0.3, 0.4) is 0 Å². The number of phenols is 1. The molecule has 8 nitrogen and oxygen atoms in total. The predicted molar refractivity (Wildman–Crippen MR) is 120 cm³/mol. The molecule has 0 spiro atoms. The molecule has 1 aliphatic rings. The third-order valence-electron chi connectivity index (χ3n) is 5.42. The number of fused-ring (bicyclic) bond motifs is 2.